The Kier molecular flexibility index (Phi) is 7.22. The molecule has 1 heterocycles. The number of carbonyl (C=O) groups is 1. The van der Waals surface area contributed by atoms with Gasteiger partial charge in [-0.1, -0.05) is 24.9 Å². The highest BCUT2D eigenvalue weighted by molar-refractivity contribution is 6.33. The monoisotopic (exact) mass is 286 g/mol. The minimum Gasteiger partial charge on any atom is -0.478 e. The van der Waals surface area contributed by atoms with E-state index in [1.54, 1.807) is 0 Å². The highest BCUT2D eigenvalue weighted by Crippen LogP contribution is 2.17. The quantitative estimate of drug-likeness (QED) is 0.683. The van der Waals surface area contributed by atoms with Gasteiger partial charge in [0.2, 0.25) is 0 Å². The molecule has 5 nitrogen and oxygen atoms in total. The van der Waals surface area contributed by atoms with Crippen molar-refractivity contribution in [3.8, 4) is 0 Å². The summed E-state index contributed by atoms with van der Waals surface area (Å²) in [5, 5.41) is 12.1. The number of aromatic carboxylic acids is 1. The van der Waals surface area contributed by atoms with E-state index in [0.717, 1.165) is 25.9 Å². The van der Waals surface area contributed by atoms with E-state index < -0.39 is 5.97 Å². The Morgan fingerprint density at radius 2 is 2.21 bits per heavy atom. The molecule has 6 heteroatoms. The third-order valence-electron chi connectivity index (χ3n) is 2.50. The van der Waals surface area contributed by atoms with Crippen LogP contribution in [0.1, 0.15) is 36.5 Å². The van der Waals surface area contributed by atoms with Crippen molar-refractivity contribution in [3.63, 3.8) is 0 Å². The van der Waals surface area contributed by atoms with Gasteiger partial charge >= 0.3 is 5.97 Å². The van der Waals surface area contributed by atoms with E-state index >= 15 is 0 Å². The molecule has 2 N–H and O–H groups in total. The van der Waals surface area contributed by atoms with E-state index in [-0.39, 0.29) is 10.6 Å². The van der Waals surface area contributed by atoms with Crippen LogP contribution < -0.4 is 5.32 Å². The zero-order valence-electron chi connectivity index (χ0n) is 11.0. The lowest BCUT2D eigenvalue weighted by molar-refractivity contribution is 0.0697. The normalized spacial score (nSPS) is 10.4. The van der Waals surface area contributed by atoms with Gasteiger partial charge in [0.05, 0.1) is 10.6 Å². The summed E-state index contributed by atoms with van der Waals surface area (Å²) in [6.45, 7) is 4.28. The fourth-order valence-corrected chi connectivity index (χ4v) is 1.62. The maximum Gasteiger partial charge on any atom is 0.337 e. The number of nitrogens with one attached hydrogen (secondary N) is 1. The van der Waals surface area contributed by atoms with Crippen molar-refractivity contribution in [2.24, 2.45) is 0 Å². The van der Waals surface area contributed by atoms with E-state index in [4.69, 9.17) is 21.4 Å². The molecule has 106 valence electrons. The number of nitrogens with zero attached hydrogens (tertiary/aromatic N) is 1. The van der Waals surface area contributed by atoms with Crippen molar-refractivity contribution in [1.82, 2.24) is 4.98 Å². The van der Waals surface area contributed by atoms with Crippen LogP contribution in [0.2, 0.25) is 5.02 Å². The van der Waals surface area contributed by atoms with Crippen molar-refractivity contribution >= 4 is 23.4 Å². The molecule has 0 unspecified atom stereocenters. The predicted octanol–water partition coefficient (Wildman–Crippen LogP) is 3.05. The first kappa shape index (κ1) is 15.7. The molecule has 0 saturated carbocycles. The molecule has 0 amide bonds. The van der Waals surface area contributed by atoms with E-state index in [9.17, 15) is 4.79 Å². The van der Waals surface area contributed by atoms with Crippen molar-refractivity contribution < 1.29 is 14.6 Å². The molecular weight excluding hydrogens is 268 g/mol. The number of rotatable bonds is 9. The van der Waals surface area contributed by atoms with Crippen molar-refractivity contribution in [2.45, 2.75) is 26.2 Å². The summed E-state index contributed by atoms with van der Waals surface area (Å²) in [4.78, 5) is 14.9. The van der Waals surface area contributed by atoms with Crippen molar-refractivity contribution in [2.75, 3.05) is 25.1 Å². The SMILES string of the molecule is CCCCOCCCNc1cc(C(=O)O)c(Cl)cn1. The summed E-state index contributed by atoms with van der Waals surface area (Å²) >= 11 is 5.73. The zero-order chi connectivity index (χ0) is 14.1. The van der Waals surface area contributed by atoms with Crippen LogP contribution in [-0.4, -0.2) is 35.8 Å². The van der Waals surface area contributed by atoms with Crippen LogP contribution in [0.5, 0.6) is 0 Å². The summed E-state index contributed by atoms with van der Waals surface area (Å²) in [6.07, 6.45) is 4.39. The summed E-state index contributed by atoms with van der Waals surface area (Å²) in [6, 6.07) is 1.43. The third kappa shape index (κ3) is 5.89. The van der Waals surface area contributed by atoms with Gasteiger partial charge in [-0.2, -0.15) is 0 Å². The van der Waals surface area contributed by atoms with E-state index in [2.05, 4.69) is 17.2 Å². The summed E-state index contributed by atoms with van der Waals surface area (Å²) in [7, 11) is 0. The number of anilines is 1. The zero-order valence-corrected chi connectivity index (χ0v) is 11.7. The number of carboxylic acids is 1. The number of ether oxygens (including phenoxy) is 1. The first-order valence-corrected chi connectivity index (χ1v) is 6.73. The number of carboxylic acid groups (broad SMARTS) is 1. The number of pyridine rings is 1. The highest BCUT2D eigenvalue weighted by Gasteiger charge is 2.09. The maximum absolute atomic E-state index is 10.9. The number of hydrogen-bond donors (Lipinski definition) is 2. The molecule has 0 spiro atoms. The molecule has 0 aliphatic carbocycles. The van der Waals surface area contributed by atoms with Crippen LogP contribution in [0.4, 0.5) is 5.82 Å². The van der Waals surface area contributed by atoms with E-state index in [0.29, 0.717) is 19.0 Å². The Hall–Kier alpha value is -1.33. The Labute approximate surface area is 117 Å². The lowest BCUT2D eigenvalue weighted by Crippen LogP contribution is -2.08. The fraction of sp³-hybridized carbons (Fsp3) is 0.538. The Balaban J connectivity index is 2.30. The van der Waals surface area contributed by atoms with Crippen molar-refractivity contribution in [3.05, 3.63) is 22.8 Å². The van der Waals surface area contributed by atoms with Crippen LogP contribution in [0.15, 0.2) is 12.3 Å². The minimum absolute atomic E-state index is 0.0540. The van der Waals surface area contributed by atoms with Gasteiger partial charge < -0.3 is 15.2 Å². The number of halogens is 1. The molecule has 1 rings (SSSR count). The molecule has 0 aliphatic rings. The first-order chi connectivity index (χ1) is 9.15. The summed E-state index contributed by atoms with van der Waals surface area (Å²) in [5.74, 6) is -0.547. The Morgan fingerprint density at radius 3 is 2.89 bits per heavy atom. The maximum atomic E-state index is 10.9. The average Bonchev–Trinajstić information content (AvgIpc) is 2.39. The molecule has 0 atom stereocenters. The van der Waals surface area contributed by atoms with E-state index in [1.807, 2.05) is 0 Å². The standard InChI is InChI=1S/C13H19ClN2O3/c1-2-3-6-19-7-4-5-15-12-8-10(13(17)18)11(14)9-16-12/h8-9H,2-7H2,1H3,(H,15,16)(H,17,18). The van der Waals surface area contributed by atoms with Crippen LogP contribution in [0, 0.1) is 0 Å². The lowest BCUT2D eigenvalue weighted by atomic mass is 10.2. The second-order valence-corrected chi connectivity index (χ2v) is 4.51. The highest BCUT2D eigenvalue weighted by atomic mass is 35.5. The molecule has 0 radical (unpaired) electrons. The minimum atomic E-state index is -1.06. The van der Waals surface area contributed by atoms with Gasteiger partial charge in [0, 0.05) is 26.0 Å². The summed E-state index contributed by atoms with van der Waals surface area (Å²) in [5.41, 5.74) is 0.0540. The fourth-order valence-electron chi connectivity index (χ4n) is 1.44. The number of unbranched alkanes of at least 4 members (excludes halogenated alkanes) is 1. The second kappa shape index (κ2) is 8.72. The van der Waals surface area contributed by atoms with E-state index in [1.165, 1.54) is 12.3 Å². The van der Waals surface area contributed by atoms with Gasteiger partial charge in [0.25, 0.3) is 0 Å². The Bertz CT molecular complexity index is 413. The lowest BCUT2D eigenvalue weighted by Gasteiger charge is -2.07. The van der Waals surface area contributed by atoms with Crippen LogP contribution in [0.25, 0.3) is 0 Å². The average molecular weight is 287 g/mol. The van der Waals surface area contributed by atoms with Gasteiger partial charge in [0.1, 0.15) is 5.82 Å². The van der Waals surface area contributed by atoms with Crippen LogP contribution in [0.3, 0.4) is 0 Å². The smallest absolute Gasteiger partial charge is 0.337 e. The molecule has 1 aromatic heterocycles. The Morgan fingerprint density at radius 1 is 1.47 bits per heavy atom. The molecule has 19 heavy (non-hydrogen) atoms. The largest absolute Gasteiger partial charge is 0.478 e. The molecule has 0 aliphatic heterocycles. The topological polar surface area (TPSA) is 71.5 Å². The van der Waals surface area contributed by atoms with Gasteiger partial charge in [-0.3, -0.25) is 0 Å². The second-order valence-electron chi connectivity index (χ2n) is 4.10. The summed E-state index contributed by atoms with van der Waals surface area (Å²) < 4.78 is 5.42. The molecule has 0 bridgehead atoms. The van der Waals surface area contributed by atoms with Gasteiger partial charge in [-0.05, 0) is 18.9 Å². The van der Waals surface area contributed by atoms with Gasteiger partial charge in [0.15, 0.2) is 0 Å². The van der Waals surface area contributed by atoms with Crippen LogP contribution in [-0.2, 0) is 4.74 Å². The number of hydrogen-bond acceptors (Lipinski definition) is 4. The molecule has 1 aromatic rings. The van der Waals surface area contributed by atoms with Gasteiger partial charge in [-0.25, -0.2) is 9.78 Å². The van der Waals surface area contributed by atoms with Crippen LogP contribution >= 0.6 is 11.6 Å². The first-order valence-electron chi connectivity index (χ1n) is 6.35. The molecule has 0 saturated heterocycles. The predicted molar refractivity (Wildman–Crippen MR) is 75.0 cm³/mol. The molecule has 0 aromatic carbocycles. The molecular formula is C13H19ClN2O3. The van der Waals surface area contributed by atoms with Gasteiger partial charge in [-0.15, -0.1) is 0 Å². The molecule has 0 fully saturated rings. The number of aromatic nitrogens is 1. The third-order valence-corrected chi connectivity index (χ3v) is 2.80. The van der Waals surface area contributed by atoms with Crippen molar-refractivity contribution in [1.29, 1.82) is 0 Å².